The van der Waals surface area contributed by atoms with E-state index in [2.05, 4.69) is 21.7 Å². The number of hydroxylamine groups is 1. The van der Waals surface area contributed by atoms with Crippen molar-refractivity contribution in [1.82, 2.24) is 25.8 Å². The van der Waals surface area contributed by atoms with Crippen molar-refractivity contribution in [2.45, 2.75) is 31.8 Å². The molecule has 0 saturated carbocycles. The van der Waals surface area contributed by atoms with Gasteiger partial charge >= 0.3 is 0 Å². The molecule has 4 rings (SSSR count). The molecule has 0 aliphatic carbocycles. The number of benzene rings is 3. The van der Waals surface area contributed by atoms with Crippen molar-refractivity contribution < 1.29 is 19.2 Å². The molecule has 0 fully saturated rings. The Morgan fingerprint density at radius 3 is 2.53 bits per heavy atom. The second-order valence-electron chi connectivity index (χ2n) is 8.10. The molecule has 34 heavy (non-hydrogen) atoms. The molecule has 9 heteroatoms. The molecular formula is C25H24FN5O3. The molecule has 0 radical (unpaired) electrons. The zero-order valence-corrected chi connectivity index (χ0v) is 18.5. The molecule has 0 saturated heterocycles. The van der Waals surface area contributed by atoms with Gasteiger partial charge in [-0.2, -0.15) is 0 Å². The molecule has 174 valence electrons. The first-order valence-corrected chi connectivity index (χ1v) is 10.8. The summed E-state index contributed by atoms with van der Waals surface area (Å²) >= 11 is 0. The molecule has 1 heterocycles. The van der Waals surface area contributed by atoms with Gasteiger partial charge in [0.15, 0.2) is 0 Å². The highest BCUT2D eigenvalue weighted by Crippen LogP contribution is 2.23. The van der Waals surface area contributed by atoms with Gasteiger partial charge in [-0.15, -0.1) is 5.10 Å². The van der Waals surface area contributed by atoms with Gasteiger partial charge in [0.05, 0.1) is 24.7 Å². The molecule has 2 amide bonds. The van der Waals surface area contributed by atoms with Crippen molar-refractivity contribution in [3.63, 3.8) is 0 Å². The number of rotatable bonds is 8. The van der Waals surface area contributed by atoms with Crippen LogP contribution in [0, 0.1) is 5.82 Å². The van der Waals surface area contributed by atoms with Gasteiger partial charge in [-0.25, -0.2) is 14.6 Å². The predicted molar refractivity (Wildman–Crippen MR) is 124 cm³/mol. The summed E-state index contributed by atoms with van der Waals surface area (Å²) in [6, 6.07) is 18.4. The quantitative estimate of drug-likeness (QED) is 0.274. The monoisotopic (exact) mass is 461 g/mol. The van der Waals surface area contributed by atoms with E-state index in [1.54, 1.807) is 23.3 Å². The third-order valence-electron chi connectivity index (χ3n) is 5.63. The Labute approximate surface area is 195 Å². The van der Waals surface area contributed by atoms with Crippen LogP contribution in [0.3, 0.4) is 0 Å². The summed E-state index contributed by atoms with van der Waals surface area (Å²) in [4.78, 5) is 24.4. The summed E-state index contributed by atoms with van der Waals surface area (Å²) in [5.41, 5.74) is 3.51. The second kappa shape index (κ2) is 10.2. The van der Waals surface area contributed by atoms with E-state index in [-0.39, 0.29) is 12.3 Å². The Hall–Kier alpha value is -4.11. The number of amides is 2. The van der Waals surface area contributed by atoms with E-state index in [0.717, 1.165) is 16.3 Å². The lowest BCUT2D eigenvalue weighted by molar-refractivity contribution is -0.130. The summed E-state index contributed by atoms with van der Waals surface area (Å²) < 4.78 is 14.7. The second-order valence-corrected chi connectivity index (χ2v) is 8.10. The lowest BCUT2D eigenvalue weighted by atomic mass is 10.00. The Balaban J connectivity index is 1.51. The average molecular weight is 461 g/mol. The standard InChI is InChI=1S/C25H24FN5O3/c1-16(27-25(33)19-8-10-21(26)11-9-19)23-15-31(30-28-23)22(14-24(32)29-34)13-17-6-7-18-4-2-3-5-20(18)12-17/h2-12,15-16,22,34H,13-14H2,1H3,(H,27,33)(H,29,32). The molecule has 0 aliphatic heterocycles. The van der Waals surface area contributed by atoms with Crippen molar-refractivity contribution in [2.75, 3.05) is 0 Å². The first-order valence-electron chi connectivity index (χ1n) is 10.8. The Morgan fingerprint density at radius 2 is 1.79 bits per heavy atom. The molecule has 0 spiro atoms. The minimum absolute atomic E-state index is 0.0115. The van der Waals surface area contributed by atoms with E-state index in [9.17, 15) is 14.0 Å². The van der Waals surface area contributed by atoms with Gasteiger partial charge < -0.3 is 5.32 Å². The lowest BCUT2D eigenvalue weighted by Gasteiger charge is -2.17. The fraction of sp³-hybridized carbons (Fsp3) is 0.200. The van der Waals surface area contributed by atoms with E-state index >= 15 is 0 Å². The third-order valence-corrected chi connectivity index (χ3v) is 5.63. The molecule has 3 aromatic carbocycles. The minimum Gasteiger partial charge on any atom is -0.344 e. The van der Waals surface area contributed by atoms with Crippen molar-refractivity contribution in [1.29, 1.82) is 0 Å². The maximum absolute atomic E-state index is 13.1. The topological polar surface area (TPSA) is 109 Å². The van der Waals surface area contributed by atoms with Gasteiger partial charge in [0.25, 0.3) is 5.91 Å². The van der Waals surface area contributed by atoms with Gasteiger partial charge in [0.1, 0.15) is 11.5 Å². The highest BCUT2D eigenvalue weighted by molar-refractivity contribution is 5.94. The Kier molecular flexibility index (Phi) is 6.93. The number of nitrogens with one attached hydrogen (secondary N) is 2. The minimum atomic E-state index is -0.541. The van der Waals surface area contributed by atoms with E-state index in [1.165, 1.54) is 24.3 Å². The van der Waals surface area contributed by atoms with E-state index in [1.807, 2.05) is 36.4 Å². The summed E-state index contributed by atoms with van der Waals surface area (Å²) in [5.74, 6) is -1.33. The SMILES string of the molecule is CC(NC(=O)c1ccc(F)cc1)c1cn(C(CC(=O)NO)Cc2ccc3ccccc3c2)nn1. The van der Waals surface area contributed by atoms with E-state index in [4.69, 9.17) is 5.21 Å². The maximum atomic E-state index is 13.1. The number of aromatic nitrogens is 3. The highest BCUT2D eigenvalue weighted by Gasteiger charge is 2.21. The first-order chi connectivity index (χ1) is 16.4. The van der Waals surface area contributed by atoms with Crippen molar-refractivity contribution in [3.05, 3.63) is 95.6 Å². The molecule has 0 aliphatic rings. The summed E-state index contributed by atoms with van der Waals surface area (Å²) in [6.07, 6.45) is 2.14. The molecule has 0 bridgehead atoms. The Bertz CT molecular complexity index is 1310. The van der Waals surface area contributed by atoms with Crippen LogP contribution in [0.25, 0.3) is 10.8 Å². The largest absolute Gasteiger partial charge is 0.344 e. The van der Waals surface area contributed by atoms with Crippen LogP contribution in [0.1, 0.15) is 47.0 Å². The van der Waals surface area contributed by atoms with Crippen LogP contribution in [0.2, 0.25) is 0 Å². The van der Waals surface area contributed by atoms with E-state index < -0.39 is 23.8 Å². The van der Waals surface area contributed by atoms with Crippen LogP contribution >= 0.6 is 0 Å². The van der Waals surface area contributed by atoms with Gasteiger partial charge in [-0.3, -0.25) is 14.8 Å². The first kappa shape index (κ1) is 23.1. The van der Waals surface area contributed by atoms with Crippen LogP contribution in [0.4, 0.5) is 4.39 Å². The van der Waals surface area contributed by atoms with Gasteiger partial charge in [0.2, 0.25) is 5.91 Å². The number of nitrogens with zero attached hydrogens (tertiary/aromatic N) is 3. The van der Waals surface area contributed by atoms with Gasteiger partial charge in [-0.05, 0) is 53.9 Å². The normalized spacial score (nSPS) is 12.8. The third kappa shape index (κ3) is 5.44. The fourth-order valence-electron chi connectivity index (χ4n) is 3.78. The molecule has 2 unspecified atom stereocenters. The molecule has 2 atom stereocenters. The molecule has 1 aromatic heterocycles. The number of fused-ring (bicyclic) bond motifs is 1. The maximum Gasteiger partial charge on any atom is 0.251 e. The van der Waals surface area contributed by atoms with Crippen LogP contribution in [-0.4, -0.2) is 32.0 Å². The van der Waals surface area contributed by atoms with Crippen molar-refractivity contribution in [3.8, 4) is 0 Å². The van der Waals surface area contributed by atoms with Crippen LogP contribution in [-0.2, 0) is 11.2 Å². The van der Waals surface area contributed by atoms with E-state index in [0.29, 0.717) is 17.7 Å². The summed E-state index contributed by atoms with van der Waals surface area (Å²) in [6.45, 7) is 1.76. The summed E-state index contributed by atoms with van der Waals surface area (Å²) in [5, 5.41) is 22.4. The summed E-state index contributed by atoms with van der Waals surface area (Å²) in [7, 11) is 0. The fourth-order valence-corrected chi connectivity index (χ4v) is 3.78. The number of carbonyl (C=O) groups is 2. The zero-order chi connectivity index (χ0) is 24.1. The number of hydrogen-bond acceptors (Lipinski definition) is 5. The van der Waals surface area contributed by atoms with Gasteiger partial charge in [0, 0.05) is 5.56 Å². The molecule has 3 N–H and O–H groups in total. The number of hydrogen-bond donors (Lipinski definition) is 3. The van der Waals surface area contributed by atoms with Gasteiger partial charge in [-0.1, -0.05) is 47.7 Å². The lowest BCUT2D eigenvalue weighted by Crippen LogP contribution is -2.27. The molecule has 4 aromatic rings. The van der Waals surface area contributed by atoms with Crippen LogP contribution in [0.15, 0.2) is 72.9 Å². The Morgan fingerprint density at radius 1 is 1.06 bits per heavy atom. The number of carbonyl (C=O) groups excluding carboxylic acids is 2. The van der Waals surface area contributed by atoms with Crippen LogP contribution in [0.5, 0.6) is 0 Å². The zero-order valence-electron chi connectivity index (χ0n) is 18.5. The van der Waals surface area contributed by atoms with Crippen LogP contribution < -0.4 is 10.8 Å². The average Bonchev–Trinajstić information content (AvgIpc) is 3.34. The van der Waals surface area contributed by atoms with Crippen molar-refractivity contribution >= 4 is 22.6 Å². The smallest absolute Gasteiger partial charge is 0.251 e. The predicted octanol–water partition coefficient (Wildman–Crippen LogP) is 3.74. The van der Waals surface area contributed by atoms with Crippen molar-refractivity contribution in [2.24, 2.45) is 0 Å². The number of halogens is 1. The molecule has 8 nitrogen and oxygen atoms in total. The molecular weight excluding hydrogens is 437 g/mol. The highest BCUT2D eigenvalue weighted by atomic mass is 19.1.